The molecule has 4 heterocycles. The molecule has 3 aliphatic rings. The van der Waals surface area contributed by atoms with Gasteiger partial charge in [-0.3, -0.25) is 4.90 Å². The summed E-state index contributed by atoms with van der Waals surface area (Å²) in [6.07, 6.45) is 2.84. The van der Waals surface area contributed by atoms with Crippen LogP contribution in [0.25, 0.3) is 0 Å². The Labute approximate surface area is 155 Å². The highest BCUT2D eigenvalue weighted by atomic mass is 32.2. The number of nitrogens with zero attached hydrogens (tertiary/aromatic N) is 5. The molecule has 144 valence electrons. The SMILES string of the molecule is Cc1nc(C)c2c(n1)O[C@H](CN1CCN(S(=O)(=O)N3CCCC3)CC1)C2. The van der Waals surface area contributed by atoms with Gasteiger partial charge in [0.05, 0.1) is 0 Å². The van der Waals surface area contributed by atoms with E-state index in [0.29, 0.717) is 26.2 Å². The smallest absolute Gasteiger partial charge is 0.282 e. The number of aryl methyl sites for hydroxylation is 2. The standard InChI is InChI=1S/C17H27N5O3S/c1-13-16-11-15(25-17(16)19-14(2)18-13)12-20-7-9-22(10-8-20)26(23,24)21-5-3-4-6-21/h15H,3-12H2,1-2H3/t15-/m0/s1. The van der Waals surface area contributed by atoms with Crippen molar-refractivity contribution in [2.45, 2.75) is 39.2 Å². The lowest BCUT2D eigenvalue weighted by Gasteiger charge is -2.36. The van der Waals surface area contributed by atoms with Gasteiger partial charge in [-0.1, -0.05) is 0 Å². The van der Waals surface area contributed by atoms with Crippen LogP contribution in [0.3, 0.4) is 0 Å². The zero-order valence-corrected chi connectivity index (χ0v) is 16.3. The van der Waals surface area contributed by atoms with Crippen LogP contribution in [0.15, 0.2) is 0 Å². The molecule has 0 amide bonds. The number of fused-ring (bicyclic) bond motifs is 1. The van der Waals surface area contributed by atoms with Crippen molar-refractivity contribution < 1.29 is 13.2 Å². The second-order valence-electron chi connectivity index (χ2n) is 7.40. The fourth-order valence-electron chi connectivity index (χ4n) is 4.08. The molecule has 9 heteroatoms. The van der Waals surface area contributed by atoms with Gasteiger partial charge in [0.1, 0.15) is 11.9 Å². The molecule has 4 rings (SSSR count). The third-order valence-electron chi connectivity index (χ3n) is 5.51. The Morgan fingerprint density at radius 3 is 2.35 bits per heavy atom. The second-order valence-corrected chi connectivity index (χ2v) is 9.33. The summed E-state index contributed by atoms with van der Waals surface area (Å²) in [5.74, 6) is 1.46. The molecule has 0 aliphatic carbocycles. The third-order valence-corrected chi connectivity index (χ3v) is 7.54. The highest BCUT2D eigenvalue weighted by molar-refractivity contribution is 7.86. The minimum absolute atomic E-state index is 0.0709. The van der Waals surface area contributed by atoms with Crippen LogP contribution in [-0.2, 0) is 16.6 Å². The van der Waals surface area contributed by atoms with Crippen LogP contribution in [0.1, 0.15) is 29.9 Å². The first-order valence-electron chi connectivity index (χ1n) is 9.42. The Balaban J connectivity index is 1.32. The molecule has 1 aromatic heterocycles. The summed E-state index contributed by atoms with van der Waals surface area (Å²) in [7, 11) is -3.28. The normalized spacial score (nSPS) is 25.4. The van der Waals surface area contributed by atoms with Gasteiger partial charge in [-0.15, -0.1) is 0 Å². The predicted molar refractivity (Wildman–Crippen MR) is 97.4 cm³/mol. The summed E-state index contributed by atoms with van der Waals surface area (Å²) < 4.78 is 34.6. The molecular weight excluding hydrogens is 354 g/mol. The molecular formula is C17H27N5O3S. The van der Waals surface area contributed by atoms with Crippen LogP contribution < -0.4 is 4.74 Å². The minimum atomic E-state index is -3.28. The minimum Gasteiger partial charge on any atom is -0.472 e. The van der Waals surface area contributed by atoms with Crippen LogP contribution in [0.5, 0.6) is 5.88 Å². The van der Waals surface area contributed by atoms with E-state index < -0.39 is 10.2 Å². The van der Waals surface area contributed by atoms with Crippen molar-refractivity contribution in [3.05, 3.63) is 17.1 Å². The largest absolute Gasteiger partial charge is 0.472 e. The van der Waals surface area contributed by atoms with E-state index in [1.807, 2.05) is 13.8 Å². The van der Waals surface area contributed by atoms with Crippen LogP contribution >= 0.6 is 0 Å². The van der Waals surface area contributed by atoms with Crippen LogP contribution in [0, 0.1) is 13.8 Å². The number of aromatic nitrogens is 2. The van der Waals surface area contributed by atoms with Crippen LogP contribution in [0.2, 0.25) is 0 Å². The van der Waals surface area contributed by atoms with Crippen molar-refractivity contribution in [3.8, 4) is 5.88 Å². The predicted octanol–water partition coefficient (Wildman–Crippen LogP) is 0.355. The maximum absolute atomic E-state index is 12.7. The summed E-state index contributed by atoms with van der Waals surface area (Å²) in [6.45, 7) is 8.59. The number of ether oxygens (including phenoxy) is 1. The van der Waals surface area contributed by atoms with E-state index in [4.69, 9.17) is 4.74 Å². The van der Waals surface area contributed by atoms with E-state index >= 15 is 0 Å². The van der Waals surface area contributed by atoms with E-state index in [0.717, 1.165) is 61.9 Å². The van der Waals surface area contributed by atoms with Gasteiger partial charge in [0.15, 0.2) is 0 Å². The molecule has 0 aromatic carbocycles. The van der Waals surface area contributed by atoms with E-state index in [9.17, 15) is 8.42 Å². The Hall–Kier alpha value is -1.29. The molecule has 3 aliphatic heterocycles. The zero-order chi connectivity index (χ0) is 18.3. The lowest BCUT2D eigenvalue weighted by atomic mass is 10.1. The van der Waals surface area contributed by atoms with Gasteiger partial charge in [-0.05, 0) is 26.7 Å². The molecule has 8 nitrogen and oxygen atoms in total. The van der Waals surface area contributed by atoms with Gasteiger partial charge in [-0.2, -0.15) is 22.0 Å². The summed E-state index contributed by atoms with van der Waals surface area (Å²) in [6, 6.07) is 0. The molecule has 2 fully saturated rings. The quantitative estimate of drug-likeness (QED) is 0.749. The Morgan fingerprint density at radius 1 is 1.00 bits per heavy atom. The van der Waals surface area contributed by atoms with Crippen molar-refractivity contribution in [1.82, 2.24) is 23.5 Å². The summed E-state index contributed by atoms with van der Waals surface area (Å²) in [5.41, 5.74) is 2.10. The topological polar surface area (TPSA) is 78.9 Å². The number of hydrogen-bond acceptors (Lipinski definition) is 6. The second kappa shape index (κ2) is 7.03. The molecule has 1 aromatic rings. The maximum atomic E-state index is 12.7. The fourth-order valence-corrected chi connectivity index (χ4v) is 5.75. The highest BCUT2D eigenvalue weighted by Crippen LogP contribution is 2.29. The fraction of sp³-hybridized carbons (Fsp3) is 0.765. The van der Waals surface area contributed by atoms with Gasteiger partial charge in [0.25, 0.3) is 10.2 Å². The van der Waals surface area contributed by atoms with E-state index in [1.54, 1.807) is 8.61 Å². The van der Waals surface area contributed by atoms with Crippen molar-refractivity contribution in [3.63, 3.8) is 0 Å². The Kier molecular flexibility index (Phi) is 4.89. The van der Waals surface area contributed by atoms with Gasteiger partial charge in [-0.25, -0.2) is 4.98 Å². The Morgan fingerprint density at radius 2 is 1.65 bits per heavy atom. The molecule has 2 saturated heterocycles. The van der Waals surface area contributed by atoms with Gasteiger partial charge in [0, 0.05) is 63.5 Å². The molecule has 0 spiro atoms. The van der Waals surface area contributed by atoms with E-state index in [1.165, 1.54) is 0 Å². The Bertz CT molecular complexity index is 771. The molecule has 0 saturated carbocycles. The first-order valence-corrected chi connectivity index (χ1v) is 10.8. The lowest BCUT2D eigenvalue weighted by Crippen LogP contribution is -2.53. The van der Waals surface area contributed by atoms with E-state index in [2.05, 4.69) is 14.9 Å². The van der Waals surface area contributed by atoms with Gasteiger partial charge in [0.2, 0.25) is 5.88 Å². The van der Waals surface area contributed by atoms with E-state index in [-0.39, 0.29) is 6.10 Å². The molecule has 0 unspecified atom stereocenters. The third kappa shape index (κ3) is 3.45. The summed E-state index contributed by atoms with van der Waals surface area (Å²) >= 11 is 0. The van der Waals surface area contributed by atoms with Crippen molar-refractivity contribution in [2.24, 2.45) is 0 Å². The summed E-state index contributed by atoms with van der Waals surface area (Å²) in [5, 5.41) is 0. The van der Waals surface area contributed by atoms with Crippen molar-refractivity contribution in [1.29, 1.82) is 0 Å². The van der Waals surface area contributed by atoms with Crippen LogP contribution in [-0.4, -0.2) is 83.8 Å². The number of piperazine rings is 1. The average molecular weight is 382 g/mol. The van der Waals surface area contributed by atoms with Gasteiger partial charge >= 0.3 is 0 Å². The van der Waals surface area contributed by atoms with Crippen molar-refractivity contribution in [2.75, 3.05) is 45.8 Å². The van der Waals surface area contributed by atoms with Gasteiger partial charge < -0.3 is 4.74 Å². The molecule has 0 radical (unpaired) electrons. The maximum Gasteiger partial charge on any atom is 0.282 e. The van der Waals surface area contributed by atoms with Crippen LogP contribution in [0.4, 0.5) is 0 Å². The molecule has 1 atom stereocenters. The number of rotatable bonds is 4. The molecule has 0 N–H and O–H groups in total. The first kappa shape index (κ1) is 18.1. The summed E-state index contributed by atoms with van der Waals surface area (Å²) in [4.78, 5) is 11.1. The van der Waals surface area contributed by atoms with Crippen molar-refractivity contribution >= 4 is 10.2 Å². The zero-order valence-electron chi connectivity index (χ0n) is 15.5. The number of hydrogen-bond donors (Lipinski definition) is 0. The average Bonchev–Trinajstić information content (AvgIpc) is 3.25. The monoisotopic (exact) mass is 381 g/mol. The lowest BCUT2D eigenvalue weighted by molar-refractivity contribution is 0.116. The molecule has 0 bridgehead atoms. The molecule has 26 heavy (non-hydrogen) atoms. The first-order chi connectivity index (χ1) is 12.4. The highest BCUT2D eigenvalue weighted by Gasteiger charge is 2.35.